The number of hydrogen-bond donors (Lipinski definition) is 2. The first-order chi connectivity index (χ1) is 8.31. The van der Waals surface area contributed by atoms with Crippen LogP contribution in [0.5, 0.6) is 5.75 Å². The number of aliphatic hydroxyl groups excluding tert-OH is 1. The van der Waals surface area contributed by atoms with Crippen molar-refractivity contribution in [3.05, 3.63) is 29.8 Å². The van der Waals surface area contributed by atoms with Gasteiger partial charge in [-0.05, 0) is 25.3 Å². The van der Waals surface area contributed by atoms with Gasteiger partial charge in [-0.25, -0.2) is 0 Å². The molecule has 3 nitrogen and oxygen atoms in total. The van der Waals surface area contributed by atoms with Crippen LogP contribution in [0.4, 0.5) is 0 Å². The number of para-hydroxylation sites is 1. The SMILES string of the molecule is CCCOc1ccccc1C(O)CNC1CC1. The van der Waals surface area contributed by atoms with Gasteiger partial charge in [0.15, 0.2) is 0 Å². The van der Waals surface area contributed by atoms with Gasteiger partial charge >= 0.3 is 0 Å². The summed E-state index contributed by atoms with van der Waals surface area (Å²) in [4.78, 5) is 0. The minimum Gasteiger partial charge on any atom is -0.493 e. The zero-order chi connectivity index (χ0) is 12.1. The Bertz CT molecular complexity index is 350. The molecule has 0 heterocycles. The summed E-state index contributed by atoms with van der Waals surface area (Å²) in [5, 5.41) is 13.5. The molecule has 1 aromatic rings. The lowest BCUT2D eigenvalue weighted by atomic mass is 10.1. The highest BCUT2D eigenvalue weighted by Gasteiger charge is 2.22. The molecule has 1 fully saturated rings. The number of nitrogens with one attached hydrogen (secondary N) is 1. The molecule has 2 N–H and O–H groups in total. The van der Waals surface area contributed by atoms with Crippen molar-refractivity contribution in [2.45, 2.75) is 38.3 Å². The van der Waals surface area contributed by atoms with Gasteiger partial charge < -0.3 is 15.2 Å². The molecule has 0 radical (unpaired) electrons. The molecule has 0 bridgehead atoms. The zero-order valence-corrected chi connectivity index (χ0v) is 10.4. The van der Waals surface area contributed by atoms with Gasteiger partial charge in [-0.3, -0.25) is 0 Å². The van der Waals surface area contributed by atoms with Crippen molar-refractivity contribution in [1.29, 1.82) is 0 Å². The van der Waals surface area contributed by atoms with Crippen LogP contribution in [-0.2, 0) is 0 Å². The van der Waals surface area contributed by atoms with E-state index in [-0.39, 0.29) is 0 Å². The van der Waals surface area contributed by atoms with Crippen LogP contribution >= 0.6 is 0 Å². The quantitative estimate of drug-likeness (QED) is 0.761. The second-order valence-corrected chi connectivity index (χ2v) is 4.58. The molecule has 3 heteroatoms. The average molecular weight is 235 g/mol. The second kappa shape index (κ2) is 6.03. The van der Waals surface area contributed by atoms with Crippen molar-refractivity contribution in [1.82, 2.24) is 5.32 Å². The third-order valence-corrected chi connectivity index (χ3v) is 2.92. The van der Waals surface area contributed by atoms with Gasteiger partial charge in [-0.2, -0.15) is 0 Å². The first kappa shape index (κ1) is 12.4. The number of benzene rings is 1. The average Bonchev–Trinajstić information content (AvgIpc) is 3.18. The van der Waals surface area contributed by atoms with Crippen molar-refractivity contribution in [3.63, 3.8) is 0 Å². The Labute approximate surface area is 103 Å². The summed E-state index contributed by atoms with van der Waals surface area (Å²) in [6.07, 6.45) is 2.97. The van der Waals surface area contributed by atoms with Gasteiger partial charge in [0.05, 0.1) is 12.7 Å². The molecule has 1 atom stereocenters. The summed E-state index contributed by atoms with van der Waals surface area (Å²) in [7, 11) is 0. The molecule has 1 aromatic carbocycles. The van der Waals surface area contributed by atoms with Crippen LogP contribution in [0, 0.1) is 0 Å². The summed E-state index contributed by atoms with van der Waals surface area (Å²) in [5.41, 5.74) is 0.883. The predicted octanol–water partition coefficient (Wildman–Crippen LogP) is 2.26. The molecular formula is C14H21NO2. The Morgan fingerprint density at radius 2 is 2.18 bits per heavy atom. The fourth-order valence-electron chi connectivity index (χ4n) is 1.77. The molecule has 0 saturated heterocycles. The van der Waals surface area contributed by atoms with Gasteiger partial charge in [-0.1, -0.05) is 25.1 Å². The minimum absolute atomic E-state index is 0.483. The fourth-order valence-corrected chi connectivity index (χ4v) is 1.77. The predicted molar refractivity (Wildman–Crippen MR) is 68.2 cm³/mol. The van der Waals surface area contributed by atoms with Crippen molar-refractivity contribution in [2.24, 2.45) is 0 Å². The van der Waals surface area contributed by atoms with Gasteiger partial charge in [0.25, 0.3) is 0 Å². The van der Waals surface area contributed by atoms with E-state index >= 15 is 0 Å². The maximum atomic E-state index is 10.1. The molecule has 0 spiro atoms. The molecule has 2 rings (SSSR count). The standard InChI is InChI=1S/C14H21NO2/c1-2-9-17-14-6-4-3-5-12(14)13(16)10-15-11-7-8-11/h3-6,11,13,15-16H,2,7-10H2,1H3. The smallest absolute Gasteiger partial charge is 0.125 e. The van der Waals surface area contributed by atoms with E-state index in [2.05, 4.69) is 12.2 Å². The number of hydrogen-bond acceptors (Lipinski definition) is 3. The maximum Gasteiger partial charge on any atom is 0.125 e. The van der Waals surface area contributed by atoms with Crippen LogP contribution < -0.4 is 10.1 Å². The van der Waals surface area contributed by atoms with Gasteiger partial charge in [0.2, 0.25) is 0 Å². The maximum absolute atomic E-state index is 10.1. The van der Waals surface area contributed by atoms with Crippen molar-refractivity contribution in [2.75, 3.05) is 13.2 Å². The summed E-state index contributed by atoms with van der Waals surface area (Å²) in [6, 6.07) is 8.35. The van der Waals surface area contributed by atoms with E-state index in [1.807, 2.05) is 24.3 Å². The molecule has 0 aliphatic heterocycles. The van der Waals surface area contributed by atoms with Crippen molar-refractivity contribution < 1.29 is 9.84 Å². The van der Waals surface area contributed by atoms with Crippen LogP contribution in [-0.4, -0.2) is 24.3 Å². The fraction of sp³-hybridized carbons (Fsp3) is 0.571. The highest BCUT2D eigenvalue weighted by atomic mass is 16.5. The lowest BCUT2D eigenvalue weighted by Crippen LogP contribution is -2.23. The lowest BCUT2D eigenvalue weighted by Gasteiger charge is -2.16. The normalized spacial score (nSPS) is 16.8. The molecular weight excluding hydrogens is 214 g/mol. The molecule has 1 saturated carbocycles. The van der Waals surface area contributed by atoms with Crippen LogP contribution in [0.2, 0.25) is 0 Å². The lowest BCUT2D eigenvalue weighted by molar-refractivity contribution is 0.168. The molecule has 1 aliphatic carbocycles. The molecule has 0 amide bonds. The first-order valence-electron chi connectivity index (χ1n) is 6.44. The van der Waals surface area contributed by atoms with Crippen LogP contribution in [0.15, 0.2) is 24.3 Å². The van der Waals surface area contributed by atoms with Gasteiger partial charge in [0.1, 0.15) is 5.75 Å². The topological polar surface area (TPSA) is 41.5 Å². The zero-order valence-electron chi connectivity index (χ0n) is 10.4. The first-order valence-corrected chi connectivity index (χ1v) is 6.44. The third-order valence-electron chi connectivity index (χ3n) is 2.92. The molecule has 17 heavy (non-hydrogen) atoms. The van der Waals surface area contributed by atoms with E-state index in [1.165, 1.54) is 12.8 Å². The monoisotopic (exact) mass is 235 g/mol. The van der Waals surface area contributed by atoms with Gasteiger partial charge in [-0.15, -0.1) is 0 Å². The van der Waals surface area contributed by atoms with E-state index < -0.39 is 6.10 Å². The van der Waals surface area contributed by atoms with E-state index in [9.17, 15) is 5.11 Å². The third kappa shape index (κ3) is 3.72. The van der Waals surface area contributed by atoms with E-state index in [0.29, 0.717) is 19.2 Å². The summed E-state index contributed by atoms with van der Waals surface area (Å²) in [6.45, 7) is 3.38. The van der Waals surface area contributed by atoms with Crippen LogP contribution in [0.1, 0.15) is 37.9 Å². The molecule has 1 unspecified atom stereocenters. The minimum atomic E-state index is -0.483. The number of rotatable bonds is 7. The van der Waals surface area contributed by atoms with Crippen LogP contribution in [0.25, 0.3) is 0 Å². The molecule has 94 valence electrons. The Balaban J connectivity index is 1.95. The van der Waals surface area contributed by atoms with Crippen LogP contribution in [0.3, 0.4) is 0 Å². The van der Waals surface area contributed by atoms with Gasteiger partial charge in [0, 0.05) is 18.2 Å². The summed E-state index contributed by atoms with van der Waals surface area (Å²) < 4.78 is 5.64. The number of aliphatic hydroxyl groups is 1. The van der Waals surface area contributed by atoms with E-state index in [1.54, 1.807) is 0 Å². The Hall–Kier alpha value is -1.06. The number of ether oxygens (including phenoxy) is 1. The summed E-state index contributed by atoms with van der Waals surface area (Å²) >= 11 is 0. The van der Waals surface area contributed by atoms with E-state index in [4.69, 9.17) is 4.74 Å². The molecule has 1 aliphatic rings. The summed E-state index contributed by atoms with van der Waals surface area (Å²) in [5.74, 6) is 0.805. The van der Waals surface area contributed by atoms with Crippen molar-refractivity contribution in [3.8, 4) is 5.75 Å². The Kier molecular flexibility index (Phi) is 4.40. The largest absolute Gasteiger partial charge is 0.493 e. The van der Waals surface area contributed by atoms with E-state index in [0.717, 1.165) is 17.7 Å². The van der Waals surface area contributed by atoms with Crippen molar-refractivity contribution >= 4 is 0 Å². The Morgan fingerprint density at radius 3 is 2.88 bits per heavy atom. The molecule has 0 aromatic heterocycles. The Morgan fingerprint density at radius 1 is 1.41 bits per heavy atom. The highest BCUT2D eigenvalue weighted by molar-refractivity contribution is 5.35. The highest BCUT2D eigenvalue weighted by Crippen LogP contribution is 2.26. The second-order valence-electron chi connectivity index (χ2n) is 4.58.